The lowest BCUT2D eigenvalue weighted by Gasteiger charge is -2.14. The van der Waals surface area contributed by atoms with E-state index < -0.39 is 10.2 Å². The van der Waals surface area contributed by atoms with Crippen molar-refractivity contribution in [2.75, 3.05) is 20.7 Å². The maximum atomic E-state index is 12.1. The maximum Gasteiger partial charge on any atom is 0.308 e. The lowest BCUT2D eigenvalue weighted by atomic mass is 10.1. The molecule has 0 aliphatic heterocycles. The minimum absolute atomic E-state index is 0.306. The molecule has 134 valence electrons. The number of imidazole rings is 1. The fourth-order valence-corrected chi connectivity index (χ4v) is 3.48. The molecule has 1 rings (SSSR count). The van der Waals surface area contributed by atoms with Gasteiger partial charge in [-0.2, -0.15) is 12.7 Å². The number of aliphatic hydroxyl groups is 1. The fraction of sp³-hybridized carbons (Fsp3) is 0.812. The smallest absolute Gasteiger partial charge is 0.308 e. The van der Waals surface area contributed by atoms with Gasteiger partial charge in [0.05, 0.1) is 5.69 Å². The Morgan fingerprint density at radius 2 is 1.52 bits per heavy atom. The molecular formula is C16H31N3O3S. The first-order chi connectivity index (χ1) is 11.0. The monoisotopic (exact) mass is 345 g/mol. The normalized spacial score (nSPS) is 12.2. The molecule has 0 aliphatic carbocycles. The number of hydrogen-bond acceptors (Lipinski definition) is 4. The van der Waals surface area contributed by atoms with Crippen LogP contribution in [0.4, 0.5) is 0 Å². The highest BCUT2D eigenvalue weighted by molar-refractivity contribution is 7.87. The third kappa shape index (κ3) is 7.01. The van der Waals surface area contributed by atoms with Crippen molar-refractivity contribution in [3.8, 4) is 0 Å². The van der Waals surface area contributed by atoms with Crippen LogP contribution in [0.25, 0.3) is 0 Å². The molecule has 0 saturated carbocycles. The molecule has 0 atom stereocenters. The van der Waals surface area contributed by atoms with Gasteiger partial charge < -0.3 is 5.11 Å². The Balaban J connectivity index is 2.19. The van der Waals surface area contributed by atoms with Crippen LogP contribution in [-0.2, 0) is 16.6 Å². The molecule has 1 aromatic rings. The molecule has 0 radical (unpaired) electrons. The molecular weight excluding hydrogens is 314 g/mol. The minimum atomic E-state index is -3.46. The summed E-state index contributed by atoms with van der Waals surface area (Å²) in [5, 5.41) is 8.70. The van der Waals surface area contributed by atoms with E-state index in [1.54, 1.807) is 6.20 Å². The topological polar surface area (TPSA) is 75.4 Å². The fourth-order valence-electron chi connectivity index (χ4n) is 2.52. The number of nitrogens with zero attached hydrogens (tertiary/aromatic N) is 3. The van der Waals surface area contributed by atoms with Crippen molar-refractivity contribution in [1.82, 2.24) is 13.3 Å². The lowest BCUT2D eigenvalue weighted by Crippen LogP contribution is -2.29. The molecule has 1 aromatic heterocycles. The number of unbranched alkanes of at least 4 members (excludes halogenated alkanes) is 8. The van der Waals surface area contributed by atoms with E-state index in [0.717, 1.165) is 37.8 Å². The van der Waals surface area contributed by atoms with Gasteiger partial charge in [-0.15, -0.1) is 0 Å². The Morgan fingerprint density at radius 3 is 2.04 bits per heavy atom. The highest BCUT2D eigenvalue weighted by atomic mass is 32.2. The molecule has 7 heteroatoms. The zero-order valence-electron chi connectivity index (χ0n) is 14.4. The van der Waals surface area contributed by atoms with Gasteiger partial charge in [0, 0.05) is 26.9 Å². The molecule has 0 saturated heterocycles. The summed E-state index contributed by atoms with van der Waals surface area (Å²) in [6, 6.07) is 0. The van der Waals surface area contributed by atoms with E-state index >= 15 is 0 Å². The summed E-state index contributed by atoms with van der Waals surface area (Å²) in [5.74, 6) is 0. The van der Waals surface area contributed by atoms with Crippen molar-refractivity contribution >= 4 is 10.2 Å². The van der Waals surface area contributed by atoms with Gasteiger partial charge in [-0.3, -0.25) is 0 Å². The summed E-state index contributed by atoms with van der Waals surface area (Å²) in [6.45, 7) is 0.306. The van der Waals surface area contributed by atoms with Crippen molar-refractivity contribution in [2.45, 2.75) is 64.2 Å². The number of hydrogen-bond donors (Lipinski definition) is 1. The molecule has 6 nitrogen and oxygen atoms in total. The predicted molar refractivity (Wildman–Crippen MR) is 92.6 cm³/mol. The Hall–Kier alpha value is -0.920. The average Bonchev–Trinajstić information content (AvgIpc) is 2.98. The summed E-state index contributed by atoms with van der Waals surface area (Å²) in [6.07, 6.45) is 14.0. The van der Waals surface area contributed by atoms with Gasteiger partial charge in [0.2, 0.25) is 0 Å². The van der Waals surface area contributed by atoms with Crippen LogP contribution in [0.1, 0.15) is 63.5 Å². The quantitative estimate of drug-likeness (QED) is 0.558. The number of aliphatic hydroxyl groups excluding tert-OH is 1. The number of aromatic nitrogens is 2. The summed E-state index contributed by atoms with van der Waals surface area (Å²) >= 11 is 0. The van der Waals surface area contributed by atoms with Crippen molar-refractivity contribution in [2.24, 2.45) is 0 Å². The van der Waals surface area contributed by atoms with Crippen molar-refractivity contribution in [3.63, 3.8) is 0 Å². The average molecular weight is 346 g/mol. The van der Waals surface area contributed by atoms with Gasteiger partial charge in [-0.1, -0.05) is 44.9 Å². The molecule has 0 aromatic carbocycles. The second kappa shape index (κ2) is 10.8. The number of aryl methyl sites for hydroxylation is 1. The van der Waals surface area contributed by atoms with Crippen LogP contribution in [0.3, 0.4) is 0 Å². The molecule has 1 N–H and O–H groups in total. The third-order valence-corrected chi connectivity index (χ3v) is 5.73. The van der Waals surface area contributed by atoms with Gasteiger partial charge in [0.25, 0.3) is 0 Å². The van der Waals surface area contributed by atoms with E-state index in [9.17, 15) is 8.42 Å². The molecule has 0 unspecified atom stereocenters. The minimum Gasteiger partial charge on any atom is -0.396 e. The van der Waals surface area contributed by atoms with Crippen LogP contribution < -0.4 is 0 Å². The highest BCUT2D eigenvalue weighted by Crippen LogP contribution is 2.13. The summed E-state index contributed by atoms with van der Waals surface area (Å²) in [5.41, 5.74) is 0.753. The first kappa shape index (κ1) is 20.1. The van der Waals surface area contributed by atoms with Crippen molar-refractivity contribution in [3.05, 3.63) is 18.2 Å². The van der Waals surface area contributed by atoms with Crippen LogP contribution in [0.2, 0.25) is 0 Å². The van der Waals surface area contributed by atoms with Crippen molar-refractivity contribution in [1.29, 1.82) is 0 Å². The van der Waals surface area contributed by atoms with Gasteiger partial charge in [0.15, 0.2) is 0 Å². The zero-order valence-corrected chi connectivity index (χ0v) is 15.3. The largest absolute Gasteiger partial charge is 0.396 e. The van der Waals surface area contributed by atoms with E-state index in [-0.39, 0.29) is 0 Å². The number of rotatable bonds is 13. The van der Waals surface area contributed by atoms with Gasteiger partial charge in [-0.05, 0) is 19.3 Å². The predicted octanol–water partition coefficient (Wildman–Crippen LogP) is 2.58. The van der Waals surface area contributed by atoms with E-state index in [4.69, 9.17) is 5.11 Å². The summed E-state index contributed by atoms with van der Waals surface area (Å²) in [7, 11) is -0.402. The Labute approximate surface area is 140 Å². The SMILES string of the molecule is CN(C)S(=O)(=O)n1cncc1CCCCCCCCCCCO. The first-order valence-electron chi connectivity index (χ1n) is 8.55. The molecule has 0 bridgehead atoms. The van der Waals surface area contributed by atoms with Crippen LogP contribution in [0, 0.1) is 0 Å². The second-order valence-electron chi connectivity index (χ2n) is 6.13. The standard InChI is InChI=1S/C16H31N3O3S/c1-18(2)23(21,22)19-15-17-14-16(19)12-10-8-6-4-3-5-7-9-11-13-20/h14-15,20H,3-13H2,1-2H3. The zero-order chi connectivity index (χ0) is 17.1. The van der Waals surface area contributed by atoms with Crippen LogP contribution in [0.15, 0.2) is 12.5 Å². The van der Waals surface area contributed by atoms with Crippen LogP contribution in [0.5, 0.6) is 0 Å². The van der Waals surface area contributed by atoms with E-state index in [0.29, 0.717) is 6.61 Å². The van der Waals surface area contributed by atoms with Crippen LogP contribution in [-0.4, -0.2) is 47.5 Å². The van der Waals surface area contributed by atoms with Crippen LogP contribution >= 0.6 is 0 Å². The molecule has 0 spiro atoms. The Morgan fingerprint density at radius 1 is 1.00 bits per heavy atom. The molecule has 0 aliphatic rings. The Bertz CT molecular complexity index is 526. The summed E-state index contributed by atoms with van der Waals surface area (Å²) in [4.78, 5) is 3.97. The first-order valence-corrected chi connectivity index (χ1v) is 9.95. The Kier molecular flexibility index (Phi) is 9.43. The third-order valence-electron chi connectivity index (χ3n) is 3.98. The van der Waals surface area contributed by atoms with Crippen molar-refractivity contribution < 1.29 is 13.5 Å². The molecule has 23 heavy (non-hydrogen) atoms. The summed E-state index contributed by atoms with van der Waals surface area (Å²) < 4.78 is 26.7. The van der Waals surface area contributed by atoms with E-state index in [1.807, 2.05) is 0 Å². The molecule has 0 fully saturated rings. The van der Waals surface area contributed by atoms with E-state index in [1.165, 1.54) is 60.8 Å². The highest BCUT2D eigenvalue weighted by Gasteiger charge is 2.18. The second-order valence-corrected chi connectivity index (χ2v) is 8.15. The van der Waals surface area contributed by atoms with Gasteiger partial charge in [-0.25, -0.2) is 8.96 Å². The maximum absolute atomic E-state index is 12.1. The van der Waals surface area contributed by atoms with E-state index in [2.05, 4.69) is 4.98 Å². The van der Waals surface area contributed by atoms with Gasteiger partial charge in [0.1, 0.15) is 6.33 Å². The molecule has 1 heterocycles. The van der Waals surface area contributed by atoms with Gasteiger partial charge >= 0.3 is 10.2 Å². The lowest BCUT2D eigenvalue weighted by molar-refractivity contribution is 0.282. The molecule has 0 amide bonds.